The number of carboxylic acids is 1. The van der Waals surface area contributed by atoms with E-state index in [1.54, 1.807) is 13.1 Å². The summed E-state index contributed by atoms with van der Waals surface area (Å²) >= 11 is 0. The molecule has 112 valence electrons. The summed E-state index contributed by atoms with van der Waals surface area (Å²) in [5.41, 5.74) is 1.13. The Bertz CT molecular complexity index is 895. The number of H-pyrrole nitrogens is 1. The summed E-state index contributed by atoms with van der Waals surface area (Å²) in [6.45, 7) is 1.78. The molecule has 9 heteroatoms. The lowest BCUT2D eigenvalue weighted by Crippen LogP contribution is -2.12. The molecule has 0 saturated carbocycles. The van der Waals surface area contributed by atoms with E-state index in [0.717, 1.165) is 0 Å². The van der Waals surface area contributed by atoms with Crippen LogP contribution in [-0.2, 0) is 4.79 Å². The highest BCUT2D eigenvalue weighted by molar-refractivity contribution is 6.42. The number of carboxylic acid groups (broad SMARTS) is 1. The van der Waals surface area contributed by atoms with Crippen molar-refractivity contribution < 1.29 is 19.4 Å². The number of Topliss-reactive ketones (excluding diaryl/α,β-unsaturated/α-hetero) is 1. The van der Waals surface area contributed by atoms with Gasteiger partial charge >= 0.3 is 5.97 Å². The monoisotopic (exact) mass is 301 g/mol. The topological polar surface area (TPSA) is 123 Å². The molecular weight excluding hydrogens is 290 g/mol. The molecule has 0 saturated heterocycles. The van der Waals surface area contributed by atoms with E-state index >= 15 is 0 Å². The first-order chi connectivity index (χ1) is 10.5. The maximum atomic E-state index is 11.8. The van der Waals surface area contributed by atoms with Crippen molar-refractivity contribution in [1.82, 2.24) is 25.0 Å². The number of hydrogen-bond acceptors (Lipinski definition) is 6. The highest BCUT2D eigenvalue weighted by Crippen LogP contribution is 2.31. The number of nitrogens with zero attached hydrogens (tertiary/aromatic N) is 4. The first-order valence-electron chi connectivity index (χ1n) is 6.24. The van der Waals surface area contributed by atoms with Gasteiger partial charge in [-0.3, -0.25) is 4.79 Å². The number of pyridine rings is 1. The standard InChI is InChI=1S/C13H11N5O4/c1-6-5-18(17-16-6)12-10-9(8(22-2)4-15-12)7(3-14-10)11(19)13(20)21/h3-5,14H,1-2H3,(H,20,21). The minimum absolute atomic E-state index is 0.000151. The molecule has 0 fully saturated rings. The Hall–Kier alpha value is -3.23. The molecule has 3 aromatic rings. The summed E-state index contributed by atoms with van der Waals surface area (Å²) in [7, 11) is 1.41. The average Bonchev–Trinajstić information content (AvgIpc) is 3.12. The number of aromatic amines is 1. The molecule has 22 heavy (non-hydrogen) atoms. The summed E-state index contributed by atoms with van der Waals surface area (Å²) in [6.07, 6.45) is 4.38. The van der Waals surface area contributed by atoms with Crippen molar-refractivity contribution in [3.63, 3.8) is 0 Å². The Balaban J connectivity index is 2.30. The first kappa shape index (κ1) is 13.7. The van der Waals surface area contributed by atoms with Gasteiger partial charge in [0.05, 0.1) is 41.7 Å². The van der Waals surface area contributed by atoms with E-state index in [2.05, 4.69) is 20.3 Å². The second-order valence-corrected chi connectivity index (χ2v) is 4.54. The van der Waals surface area contributed by atoms with Crippen LogP contribution in [0.5, 0.6) is 5.75 Å². The summed E-state index contributed by atoms with van der Waals surface area (Å²) < 4.78 is 6.61. The summed E-state index contributed by atoms with van der Waals surface area (Å²) in [5.74, 6) is -1.89. The lowest BCUT2D eigenvalue weighted by atomic mass is 10.1. The summed E-state index contributed by atoms with van der Waals surface area (Å²) in [5, 5.41) is 17.1. The van der Waals surface area contributed by atoms with E-state index in [-0.39, 0.29) is 5.56 Å². The largest absolute Gasteiger partial charge is 0.494 e. The fraction of sp³-hybridized carbons (Fsp3) is 0.154. The van der Waals surface area contributed by atoms with E-state index < -0.39 is 11.8 Å². The third-order valence-corrected chi connectivity index (χ3v) is 3.14. The zero-order valence-corrected chi connectivity index (χ0v) is 11.7. The van der Waals surface area contributed by atoms with E-state index in [1.807, 2.05) is 0 Å². The van der Waals surface area contributed by atoms with Gasteiger partial charge in [-0.25, -0.2) is 9.78 Å². The number of aryl methyl sites for hydroxylation is 1. The van der Waals surface area contributed by atoms with Gasteiger partial charge in [-0.05, 0) is 6.92 Å². The lowest BCUT2D eigenvalue weighted by molar-refractivity contribution is -0.131. The van der Waals surface area contributed by atoms with Crippen LogP contribution in [0.4, 0.5) is 0 Å². The Morgan fingerprint density at radius 2 is 2.18 bits per heavy atom. The van der Waals surface area contributed by atoms with Crippen LogP contribution >= 0.6 is 0 Å². The minimum Gasteiger partial charge on any atom is -0.494 e. The number of ketones is 1. The van der Waals surface area contributed by atoms with Crippen LogP contribution in [0, 0.1) is 6.92 Å². The molecule has 3 aromatic heterocycles. The SMILES string of the molecule is COc1cnc(-n2cc(C)nn2)c2[nH]cc(C(=O)C(=O)O)c12. The van der Waals surface area contributed by atoms with Crippen molar-refractivity contribution in [1.29, 1.82) is 0 Å². The van der Waals surface area contributed by atoms with Gasteiger partial charge in [0.15, 0.2) is 5.82 Å². The molecule has 0 aliphatic heterocycles. The molecule has 9 nitrogen and oxygen atoms in total. The maximum absolute atomic E-state index is 11.8. The Labute approximate surface area is 123 Å². The number of aliphatic carboxylic acids is 1. The van der Waals surface area contributed by atoms with Crippen LogP contribution in [0.15, 0.2) is 18.6 Å². The molecule has 0 radical (unpaired) electrons. The van der Waals surface area contributed by atoms with Crippen LogP contribution in [0.3, 0.4) is 0 Å². The van der Waals surface area contributed by atoms with Crippen molar-refractivity contribution in [2.24, 2.45) is 0 Å². The normalized spacial score (nSPS) is 10.8. The van der Waals surface area contributed by atoms with Crippen LogP contribution in [0.1, 0.15) is 16.1 Å². The van der Waals surface area contributed by atoms with Crippen molar-refractivity contribution in [2.75, 3.05) is 7.11 Å². The number of nitrogens with one attached hydrogen (secondary N) is 1. The van der Waals surface area contributed by atoms with Crippen LogP contribution < -0.4 is 4.74 Å². The highest BCUT2D eigenvalue weighted by atomic mass is 16.5. The lowest BCUT2D eigenvalue weighted by Gasteiger charge is -2.06. The van der Waals surface area contributed by atoms with Gasteiger partial charge in [0.1, 0.15) is 5.75 Å². The molecule has 0 aromatic carbocycles. The van der Waals surface area contributed by atoms with Crippen molar-refractivity contribution in [3.05, 3.63) is 29.8 Å². The van der Waals surface area contributed by atoms with Gasteiger partial charge in [0, 0.05) is 6.20 Å². The van der Waals surface area contributed by atoms with Crippen molar-refractivity contribution >= 4 is 22.7 Å². The molecule has 0 unspecified atom stereocenters. The molecule has 0 spiro atoms. The van der Waals surface area contributed by atoms with Gasteiger partial charge in [-0.15, -0.1) is 5.10 Å². The first-order valence-corrected chi connectivity index (χ1v) is 6.24. The van der Waals surface area contributed by atoms with Gasteiger partial charge in [-0.1, -0.05) is 5.21 Å². The van der Waals surface area contributed by atoms with Gasteiger partial charge in [0.2, 0.25) is 0 Å². The van der Waals surface area contributed by atoms with Crippen LogP contribution in [0.25, 0.3) is 16.7 Å². The number of fused-ring (bicyclic) bond motifs is 1. The fourth-order valence-corrected chi connectivity index (χ4v) is 2.18. The zero-order chi connectivity index (χ0) is 15.9. The summed E-state index contributed by atoms with van der Waals surface area (Å²) in [6, 6.07) is 0. The molecule has 0 aliphatic carbocycles. The molecule has 0 aliphatic rings. The number of carbonyl (C=O) groups is 2. The highest BCUT2D eigenvalue weighted by Gasteiger charge is 2.24. The number of ether oxygens (including phenoxy) is 1. The van der Waals surface area contributed by atoms with Gasteiger partial charge in [0.25, 0.3) is 5.78 Å². The molecule has 2 N–H and O–H groups in total. The van der Waals surface area contributed by atoms with Gasteiger partial charge in [-0.2, -0.15) is 4.68 Å². The van der Waals surface area contributed by atoms with E-state index in [4.69, 9.17) is 9.84 Å². The van der Waals surface area contributed by atoms with Crippen molar-refractivity contribution in [3.8, 4) is 11.6 Å². The van der Waals surface area contributed by atoms with Crippen LogP contribution in [-0.4, -0.2) is 48.9 Å². The molecule has 3 heterocycles. The van der Waals surface area contributed by atoms with E-state index in [0.29, 0.717) is 28.2 Å². The third kappa shape index (κ3) is 1.99. The molecule has 0 atom stereocenters. The predicted octanol–water partition coefficient (Wildman–Crippen LogP) is 0.728. The number of hydrogen-bond donors (Lipinski definition) is 2. The zero-order valence-electron chi connectivity index (χ0n) is 11.7. The molecule has 0 bridgehead atoms. The fourth-order valence-electron chi connectivity index (χ4n) is 2.18. The quantitative estimate of drug-likeness (QED) is 0.537. The number of carbonyl (C=O) groups excluding carboxylic acids is 1. The smallest absolute Gasteiger partial charge is 0.377 e. The molecular formula is C13H11N5O4. The van der Waals surface area contributed by atoms with Crippen LogP contribution in [0.2, 0.25) is 0 Å². The van der Waals surface area contributed by atoms with E-state index in [9.17, 15) is 9.59 Å². The van der Waals surface area contributed by atoms with Crippen molar-refractivity contribution in [2.45, 2.75) is 6.92 Å². The average molecular weight is 301 g/mol. The number of methoxy groups -OCH3 is 1. The predicted molar refractivity (Wildman–Crippen MR) is 74.3 cm³/mol. The Morgan fingerprint density at radius 1 is 1.41 bits per heavy atom. The number of aromatic nitrogens is 5. The third-order valence-electron chi connectivity index (χ3n) is 3.14. The molecule has 0 amide bonds. The van der Waals surface area contributed by atoms with Gasteiger partial charge < -0.3 is 14.8 Å². The second kappa shape index (κ2) is 4.95. The summed E-state index contributed by atoms with van der Waals surface area (Å²) in [4.78, 5) is 29.8. The number of rotatable bonds is 4. The second-order valence-electron chi connectivity index (χ2n) is 4.54. The minimum atomic E-state index is -1.54. The Morgan fingerprint density at radius 3 is 2.77 bits per heavy atom. The Kier molecular flexibility index (Phi) is 3.09. The maximum Gasteiger partial charge on any atom is 0.377 e. The van der Waals surface area contributed by atoms with E-state index in [1.165, 1.54) is 24.2 Å². The molecule has 3 rings (SSSR count).